The highest BCUT2D eigenvalue weighted by Crippen LogP contribution is 2.15. The number of rotatable bonds is 7. The summed E-state index contributed by atoms with van der Waals surface area (Å²) >= 11 is 1.69. The van der Waals surface area contributed by atoms with Crippen LogP contribution in [0.5, 0.6) is 0 Å². The van der Waals surface area contributed by atoms with E-state index in [0.717, 1.165) is 12.8 Å². The number of hydrogen-bond donors (Lipinski definition) is 2. The minimum Gasteiger partial charge on any atom is -0.478 e. The number of nitrogens with one attached hydrogen (secondary N) is 1. The average Bonchev–Trinajstić information content (AvgIpc) is 3.06. The summed E-state index contributed by atoms with van der Waals surface area (Å²) in [6.45, 7) is 1.81. The summed E-state index contributed by atoms with van der Waals surface area (Å²) in [5, 5.41) is 13.7. The molecule has 0 radical (unpaired) electrons. The zero-order chi connectivity index (χ0) is 15.2. The van der Waals surface area contributed by atoms with Gasteiger partial charge in [-0.25, -0.2) is 4.79 Å². The van der Waals surface area contributed by atoms with Crippen molar-refractivity contribution in [2.24, 2.45) is 0 Å². The summed E-state index contributed by atoms with van der Waals surface area (Å²) in [5.41, 5.74) is 0.136. The van der Waals surface area contributed by atoms with Crippen molar-refractivity contribution in [1.29, 1.82) is 0 Å². The minimum atomic E-state index is -1.02. The highest BCUT2D eigenvalue weighted by molar-refractivity contribution is 7.09. The molecule has 112 valence electrons. The van der Waals surface area contributed by atoms with Crippen LogP contribution in [0.3, 0.4) is 0 Å². The first kappa shape index (κ1) is 15.3. The average molecular weight is 307 g/mol. The molecule has 0 aliphatic carbocycles. The third-order valence-corrected chi connectivity index (χ3v) is 4.00. The lowest BCUT2D eigenvalue weighted by atomic mass is 10.2. The molecule has 0 fully saturated rings. The molecule has 0 saturated heterocycles. The number of carbonyl (C=O) groups excluding carboxylic acids is 1. The van der Waals surface area contributed by atoms with Gasteiger partial charge in [-0.1, -0.05) is 6.07 Å². The molecule has 0 unspecified atom stereocenters. The topological polar surface area (TPSA) is 79.5 Å². The van der Waals surface area contributed by atoms with Crippen LogP contribution in [0.15, 0.2) is 28.0 Å². The monoisotopic (exact) mass is 307 g/mol. The van der Waals surface area contributed by atoms with Gasteiger partial charge in [0, 0.05) is 11.3 Å². The molecule has 2 heterocycles. The molecule has 0 bridgehead atoms. The van der Waals surface area contributed by atoms with E-state index >= 15 is 0 Å². The van der Waals surface area contributed by atoms with Crippen LogP contribution < -0.4 is 5.32 Å². The van der Waals surface area contributed by atoms with E-state index < -0.39 is 5.97 Å². The van der Waals surface area contributed by atoms with Crippen LogP contribution in [0.25, 0.3) is 0 Å². The summed E-state index contributed by atoms with van der Waals surface area (Å²) in [5.74, 6) is -0.275. The number of amides is 1. The highest BCUT2D eigenvalue weighted by Gasteiger charge is 2.14. The maximum Gasteiger partial charge on any atom is 0.339 e. The van der Waals surface area contributed by atoms with E-state index in [2.05, 4.69) is 11.4 Å². The lowest BCUT2D eigenvalue weighted by Gasteiger charge is -2.02. The van der Waals surface area contributed by atoms with E-state index in [-0.39, 0.29) is 18.0 Å². The van der Waals surface area contributed by atoms with Crippen molar-refractivity contribution in [2.75, 3.05) is 0 Å². The zero-order valence-electron chi connectivity index (χ0n) is 11.7. The number of carboxylic acid groups (broad SMARTS) is 1. The maximum atomic E-state index is 11.7. The van der Waals surface area contributed by atoms with Gasteiger partial charge in [-0.2, -0.15) is 0 Å². The van der Waals surface area contributed by atoms with Gasteiger partial charge in [-0.3, -0.25) is 4.79 Å². The molecule has 0 aliphatic rings. The number of thiophene rings is 1. The van der Waals surface area contributed by atoms with E-state index in [1.807, 2.05) is 11.4 Å². The Bertz CT molecular complexity index is 616. The number of carboxylic acids is 1. The molecule has 1 amide bonds. The first-order valence-electron chi connectivity index (χ1n) is 6.68. The van der Waals surface area contributed by atoms with E-state index in [1.54, 1.807) is 18.3 Å². The van der Waals surface area contributed by atoms with Crippen LogP contribution in [0.4, 0.5) is 0 Å². The molecular formula is C15H17NO4S. The Morgan fingerprint density at radius 2 is 2.24 bits per heavy atom. The quantitative estimate of drug-likeness (QED) is 0.824. The third-order valence-electron chi connectivity index (χ3n) is 3.07. The fraction of sp³-hybridized carbons (Fsp3) is 0.333. The van der Waals surface area contributed by atoms with E-state index in [9.17, 15) is 9.59 Å². The summed E-state index contributed by atoms with van der Waals surface area (Å²) < 4.78 is 5.30. The van der Waals surface area contributed by atoms with Crippen LogP contribution >= 0.6 is 11.3 Å². The van der Waals surface area contributed by atoms with Crippen molar-refractivity contribution in [3.63, 3.8) is 0 Å². The van der Waals surface area contributed by atoms with Gasteiger partial charge in [0.15, 0.2) is 0 Å². The number of aryl methyl sites for hydroxylation is 2. The first-order chi connectivity index (χ1) is 10.1. The van der Waals surface area contributed by atoms with Crippen LogP contribution in [0, 0.1) is 6.92 Å². The normalized spacial score (nSPS) is 10.5. The molecule has 6 heteroatoms. The Morgan fingerprint density at radius 1 is 1.43 bits per heavy atom. The summed E-state index contributed by atoms with van der Waals surface area (Å²) in [4.78, 5) is 23.9. The van der Waals surface area contributed by atoms with Crippen LogP contribution in [0.1, 0.15) is 39.6 Å². The largest absolute Gasteiger partial charge is 0.478 e. The van der Waals surface area contributed by atoms with Crippen molar-refractivity contribution in [2.45, 2.75) is 32.7 Å². The van der Waals surface area contributed by atoms with Crippen molar-refractivity contribution in [3.8, 4) is 0 Å². The first-order valence-corrected chi connectivity index (χ1v) is 7.56. The van der Waals surface area contributed by atoms with E-state index in [0.29, 0.717) is 17.9 Å². The van der Waals surface area contributed by atoms with Gasteiger partial charge >= 0.3 is 5.97 Å². The van der Waals surface area contributed by atoms with Crippen molar-refractivity contribution in [3.05, 3.63) is 45.5 Å². The summed E-state index contributed by atoms with van der Waals surface area (Å²) in [6, 6.07) is 5.50. The maximum absolute atomic E-state index is 11.7. The molecule has 2 aromatic heterocycles. The van der Waals surface area contributed by atoms with Gasteiger partial charge in [-0.05, 0) is 37.3 Å². The van der Waals surface area contributed by atoms with Gasteiger partial charge in [0.1, 0.15) is 17.1 Å². The highest BCUT2D eigenvalue weighted by atomic mass is 32.1. The Kier molecular flexibility index (Phi) is 5.16. The van der Waals surface area contributed by atoms with Crippen molar-refractivity contribution in [1.82, 2.24) is 5.32 Å². The second-order valence-corrected chi connectivity index (χ2v) is 5.73. The van der Waals surface area contributed by atoms with Gasteiger partial charge in [-0.15, -0.1) is 11.3 Å². The molecule has 2 rings (SSSR count). The van der Waals surface area contributed by atoms with Crippen LogP contribution in [-0.2, 0) is 17.8 Å². The van der Waals surface area contributed by atoms with Crippen molar-refractivity contribution < 1.29 is 19.1 Å². The van der Waals surface area contributed by atoms with Gasteiger partial charge in [0.05, 0.1) is 6.54 Å². The Labute approximate surface area is 126 Å². The molecule has 0 aromatic carbocycles. The molecular weight excluding hydrogens is 290 g/mol. The number of hydrogen-bond acceptors (Lipinski definition) is 4. The Balaban J connectivity index is 1.73. The Hall–Kier alpha value is -2.08. The lowest BCUT2D eigenvalue weighted by molar-refractivity contribution is -0.121. The standard InChI is InChI=1S/C15H17NO4S/c1-10-13(15(18)19)8-11(20-10)9-16-14(17)6-2-4-12-5-3-7-21-12/h3,5,7-8H,2,4,6,9H2,1H3,(H,16,17)(H,18,19). The zero-order valence-corrected chi connectivity index (χ0v) is 12.5. The molecule has 5 nitrogen and oxygen atoms in total. The number of aromatic carboxylic acids is 1. The molecule has 0 saturated carbocycles. The predicted octanol–water partition coefficient (Wildman–Crippen LogP) is 2.99. The Morgan fingerprint density at radius 3 is 2.86 bits per heavy atom. The van der Waals surface area contributed by atoms with Crippen molar-refractivity contribution >= 4 is 23.2 Å². The number of carbonyl (C=O) groups is 2. The summed E-state index contributed by atoms with van der Waals surface area (Å²) in [6.07, 6.45) is 2.14. The molecule has 21 heavy (non-hydrogen) atoms. The molecule has 2 N–H and O–H groups in total. The third kappa shape index (κ3) is 4.46. The lowest BCUT2D eigenvalue weighted by Crippen LogP contribution is -2.22. The molecule has 0 atom stereocenters. The van der Waals surface area contributed by atoms with Gasteiger partial charge in [0.25, 0.3) is 0 Å². The SMILES string of the molecule is Cc1oc(CNC(=O)CCCc2cccs2)cc1C(=O)O. The van der Waals surface area contributed by atoms with E-state index in [4.69, 9.17) is 9.52 Å². The predicted molar refractivity (Wildman–Crippen MR) is 79.5 cm³/mol. The minimum absolute atomic E-state index is 0.0579. The molecule has 0 spiro atoms. The van der Waals surface area contributed by atoms with Gasteiger partial charge < -0.3 is 14.8 Å². The number of furan rings is 1. The van der Waals surface area contributed by atoms with E-state index in [1.165, 1.54) is 10.9 Å². The van der Waals surface area contributed by atoms with Gasteiger partial charge in [0.2, 0.25) is 5.91 Å². The van der Waals surface area contributed by atoms with Crippen LogP contribution in [0.2, 0.25) is 0 Å². The fourth-order valence-electron chi connectivity index (χ4n) is 2.00. The second-order valence-electron chi connectivity index (χ2n) is 4.70. The fourth-order valence-corrected chi connectivity index (χ4v) is 2.75. The smallest absolute Gasteiger partial charge is 0.339 e. The van der Waals surface area contributed by atoms with Crippen LogP contribution in [-0.4, -0.2) is 17.0 Å². The second kappa shape index (κ2) is 7.08. The summed E-state index contributed by atoms with van der Waals surface area (Å²) in [7, 11) is 0. The molecule has 0 aliphatic heterocycles. The molecule has 2 aromatic rings.